The van der Waals surface area contributed by atoms with Gasteiger partial charge in [-0.3, -0.25) is 0 Å². The molecule has 9 aliphatic rings. The highest BCUT2D eigenvalue weighted by Crippen LogP contribution is 2.76. The maximum Gasteiger partial charge on any atom is 0.187 e. The first kappa shape index (κ1) is 68.1. The SMILES string of the molecule is CC(C)=CCC[C@@](O)(CO[C@@H]1O[C@H](CO[C@@H]2O[C@H](CO)[C@@H](O)[C@H](O)[C@H]2O)[C@@H](O)[C@H](O)[C@H]1O)C1CC[C@]2(C)C1CCC1[C@@]3(C)CC[C@H](O[C@@H]4OC[C@H](O)[C@H](O[C@@H]5O[C@H](CO)[C@@H](O)[C@H](O)[C@H]5O)[C@H]4O[C@@H]4O[C@@H](C)[C@H](O)[C@@H](O)[C@H]4O)C(C)(C)C3CC[C@]12C. The second kappa shape index (κ2) is 26.4. The van der Waals surface area contributed by atoms with Crippen LogP contribution in [0.2, 0.25) is 0 Å². The number of rotatable bonds is 18. The summed E-state index contributed by atoms with van der Waals surface area (Å²) >= 11 is 0. The summed E-state index contributed by atoms with van der Waals surface area (Å²) < 4.78 is 60.8. The molecule has 0 spiro atoms. The van der Waals surface area contributed by atoms with Crippen molar-refractivity contribution in [2.45, 2.75) is 279 Å². The van der Waals surface area contributed by atoms with Crippen LogP contribution >= 0.6 is 0 Å². The molecule has 33 atom stereocenters. The molecule has 5 saturated heterocycles. The first-order chi connectivity index (χ1) is 39.9. The largest absolute Gasteiger partial charge is 0.394 e. The maximum atomic E-state index is 13.2. The molecule has 5 heterocycles. The zero-order chi connectivity index (χ0) is 62.2. The molecule has 85 heavy (non-hydrogen) atoms. The Labute approximate surface area is 496 Å². The third kappa shape index (κ3) is 12.5. The van der Waals surface area contributed by atoms with E-state index in [0.29, 0.717) is 25.7 Å². The fourth-order valence-electron chi connectivity index (χ4n) is 17.4. The first-order valence-corrected chi connectivity index (χ1v) is 30.7. The lowest BCUT2D eigenvalue weighted by Gasteiger charge is -2.70. The van der Waals surface area contributed by atoms with Gasteiger partial charge < -0.3 is 129 Å². The van der Waals surface area contributed by atoms with E-state index in [4.69, 9.17) is 47.4 Å². The van der Waals surface area contributed by atoms with Gasteiger partial charge in [0.1, 0.15) is 110 Å². The van der Waals surface area contributed by atoms with E-state index in [-0.39, 0.29) is 53.1 Å². The van der Waals surface area contributed by atoms with Gasteiger partial charge >= 0.3 is 0 Å². The zero-order valence-electron chi connectivity index (χ0n) is 50.2. The van der Waals surface area contributed by atoms with Gasteiger partial charge in [-0.2, -0.15) is 0 Å². The highest BCUT2D eigenvalue weighted by Gasteiger charge is 2.70. The minimum atomic E-state index is -1.85. The van der Waals surface area contributed by atoms with Crippen molar-refractivity contribution >= 4 is 0 Å². The van der Waals surface area contributed by atoms with Crippen LogP contribution in [0.3, 0.4) is 0 Å². The van der Waals surface area contributed by atoms with E-state index in [0.717, 1.165) is 44.1 Å². The molecule has 492 valence electrons. The number of aliphatic hydroxyl groups excluding tert-OH is 15. The minimum absolute atomic E-state index is 0.0547. The molecule has 4 aliphatic carbocycles. The summed E-state index contributed by atoms with van der Waals surface area (Å²) in [5, 5.41) is 173. The van der Waals surface area contributed by atoms with Crippen LogP contribution in [-0.4, -0.2) is 274 Å². The second-order valence-electron chi connectivity index (χ2n) is 27.9. The smallest absolute Gasteiger partial charge is 0.187 e. The van der Waals surface area contributed by atoms with Crippen molar-refractivity contribution < 1.29 is 129 Å². The first-order valence-electron chi connectivity index (χ1n) is 30.7. The molecule has 4 unspecified atom stereocenters. The van der Waals surface area contributed by atoms with E-state index in [1.165, 1.54) is 6.92 Å². The summed E-state index contributed by atoms with van der Waals surface area (Å²) in [5.41, 5.74) is -1.53. The molecule has 26 heteroatoms. The van der Waals surface area contributed by atoms with Gasteiger partial charge in [0.15, 0.2) is 31.5 Å². The Bertz CT molecular complexity index is 2230. The molecule has 26 nitrogen and oxygen atoms in total. The lowest BCUT2D eigenvalue weighted by atomic mass is 9.35. The van der Waals surface area contributed by atoms with Crippen LogP contribution in [0.5, 0.6) is 0 Å². The van der Waals surface area contributed by atoms with Crippen molar-refractivity contribution in [3.8, 4) is 0 Å². The Morgan fingerprint density at radius 2 is 1.06 bits per heavy atom. The molecule has 9 rings (SSSR count). The van der Waals surface area contributed by atoms with Gasteiger partial charge in [-0.25, -0.2) is 0 Å². The van der Waals surface area contributed by atoms with Gasteiger partial charge in [-0.05, 0) is 130 Å². The average molecular weight is 1230 g/mol. The Kier molecular flexibility index (Phi) is 21.1. The van der Waals surface area contributed by atoms with E-state index in [1.54, 1.807) is 0 Å². The molecule has 5 aliphatic heterocycles. The molecule has 4 saturated carbocycles. The molecule has 0 aromatic carbocycles. The highest BCUT2D eigenvalue weighted by molar-refractivity contribution is 5.19. The predicted octanol–water partition coefficient (Wildman–Crippen LogP) is -2.71. The fourth-order valence-corrected chi connectivity index (χ4v) is 17.4. The van der Waals surface area contributed by atoms with Crippen LogP contribution in [0.1, 0.15) is 120 Å². The Morgan fingerprint density at radius 3 is 1.67 bits per heavy atom. The Balaban J connectivity index is 0.909. The highest BCUT2D eigenvalue weighted by atomic mass is 16.8. The monoisotopic (exact) mass is 1220 g/mol. The van der Waals surface area contributed by atoms with Gasteiger partial charge in [-0.15, -0.1) is 0 Å². The molecule has 0 aromatic rings. The molecule has 0 aromatic heterocycles. The van der Waals surface area contributed by atoms with Crippen molar-refractivity contribution in [3.63, 3.8) is 0 Å². The average Bonchev–Trinajstić information content (AvgIpc) is 1.69. The Hall–Kier alpha value is -1.30. The molecular weight excluding hydrogens is 1120 g/mol. The predicted molar refractivity (Wildman–Crippen MR) is 291 cm³/mol. The van der Waals surface area contributed by atoms with Crippen molar-refractivity contribution in [2.24, 2.45) is 45.3 Å². The lowest BCUT2D eigenvalue weighted by molar-refractivity contribution is -0.388. The number of hydrogen-bond donors (Lipinski definition) is 16. The summed E-state index contributed by atoms with van der Waals surface area (Å²) in [6.45, 7) is 14.4. The molecule has 0 bridgehead atoms. The third-order valence-electron chi connectivity index (χ3n) is 22.5. The molecule has 16 N–H and O–H groups in total. The van der Waals surface area contributed by atoms with Crippen LogP contribution in [0.25, 0.3) is 0 Å². The normalized spacial score (nSPS) is 52.5. The second-order valence-corrected chi connectivity index (χ2v) is 27.9. The van der Waals surface area contributed by atoms with E-state index in [2.05, 4.69) is 40.7 Å². The van der Waals surface area contributed by atoms with Crippen LogP contribution < -0.4 is 0 Å². The van der Waals surface area contributed by atoms with Crippen molar-refractivity contribution in [1.29, 1.82) is 0 Å². The number of aliphatic hydroxyl groups is 16. The number of hydrogen-bond acceptors (Lipinski definition) is 26. The Morgan fingerprint density at radius 1 is 0.529 bits per heavy atom. The summed E-state index contributed by atoms with van der Waals surface area (Å²) in [6.07, 6.45) is -29.1. The van der Waals surface area contributed by atoms with Crippen LogP contribution in [0.4, 0.5) is 0 Å². The van der Waals surface area contributed by atoms with Gasteiger partial charge in [-0.1, -0.05) is 46.3 Å². The van der Waals surface area contributed by atoms with Gasteiger partial charge in [0.25, 0.3) is 0 Å². The quantitative estimate of drug-likeness (QED) is 0.0490. The fraction of sp³-hybridized carbons (Fsp3) is 0.966. The third-order valence-corrected chi connectivity index (χ3v) is 22.5. The van der Waals surface area contributed by atoms with Crippen LogP contribution in [0.15, 0.2) is 11.6 Å². The summed E-state index contributed by atoms with van der Waals surface area (Å²) in [4.78, 5) is 0. The molecule has 0 amide bonds. The van der Waals surface area contributed by atoms with Crippen molar-refractivity contribution in [2.75, 3.05) is 33.0 Å². The number of fused-ring (bicyclic) bond motifs is 5. The summed E-state index contributed by atoms with van der Waals surface area (Å²) in [6, 6.07) is 0. The van der Waals surface area contributed by atoms with Gasteiger partial charge in [0.05, 0.1) is 50.8 Å². The zero-order valence-corrected chi connectivity index (χ0v) is 50.2. The summed E-state index contributed by atoms with van der Waals surface area (Å²) in [7, 11) is 0. The maximum absolute atomic E-state index is 13.2. The standard InChI is InChI=1S/C59H100O26/c1-25(2)10-9-16-59(75,24-78-51-45(72)43(70)39(66)32(82-51)23-77-50-44(71)41(68)37(64)30(20-60)80-50)28-13-18-57(7)27(28)11-12-34-56(6)17-15-35(55(4,5)33(56)14-19-58(34,57)8)83-54-49(85-52-46(73)40(67)36(63)26(3)79-52)48(29(62)22-76-54)84-53-47(74)42(69)38(65)31(21-61)81-53/h10,26-54,60-75H,9,11-24H2,1-8H3/t26-,27?,28?,29-,30+,31+,32+,33?,34?,35-,36-,37+,38+,39+,40+,41-,42-,43-,44+,45+,46+,47+,48-,49+,50+,51+,52-,53-,54-,56-,57+,58+,59+/m0/s1. The molecule has 0 radical (unpaired) electrons. The van der Waals surface area contributed by atoms with E-state index in [1.807, 2.05) is 13.8 Å². The van der Waals surface area contributed by atoms with Crippen molar-refractivity contribution in [3.05, 3.63) is 11.6 Å². The lowest BCUT2D eigenvalue weighted by Crippen LogP contribution is -2.66. The number of allylic oxidation sites excluding steroid dienone is 2. The van der Waals surface area contributed by atoms with E-state index < -0.39 is 184 Å². The molecule has 9 fully saturated rings. The molecular formula is C59H100O26. The van der Waals surface area contributed by atoms with Crippen LogP contribution in [0, 0.1) is 45.3 Å². The number of ether oxygens (including phenoxy) is 10. The van der Waals surface area contributed by atoms with Gasteiger partial charge in [0, 0.05) is 0 Å². The topological polar surface area (TPSA) is 416 Å². The van der Waals surface area contributed by atoms with Gasteiger partial charge in [0.2, 0.25) is 0 Å². The van der Waals surface area contributed by atoms with E-state index in [9.17, 15) is 81.7 Å². The van der Waals surface area contributed by atoms with Crippen LogP contribution in [-0.2, 0) is 47.4 Å². The summed E-state index contributed by atoms with van der Waals surface area (Å²) in [5.74, 6) is 0.167. The minimum Gasteiger partial charge on any atom is -0.394 e. The van der Waals surface area contributed by atoms with E-state index >= 15 is 0 Å². The van der Waals surface area contributed by atoms with Crippen molar-refractivity contribution in [1.82, 2.24) is 0 Å².